The van der Waals surface area contributed by atoms with Crippen LogP contribution in [0.3, 0.4) is 0 Å². The molecule has 0 aliphatic carbocycles. The number of rotatable bonds is 8. The van der Waals surface area contributed by atoms with Gasteiger partial charge in [-0.2, -0.15) is 0 Å². The van der Waals surface area contributed by atoms with Crippen LogP contribution in [0.1, 0.15) is 36.2 Å². The topological polar surface area (TPSA) is 34.2 Å². The summed E-state index contributed by atoms with van der Waals surface area (Å²) in [6, 6.07) is 10.3. The fourth-order valence-corrected chi connectivity index (χ4v) is 2.75. The molecule has 0 bridgehead atoms. The lowest BCUT2D eigenvalue weighted by Gasteiger charge is -2.11. The molecular weight excluding hydrogens is 268 g/mol. The number of aromatic nitrogens is 1. The molecule has 0 amide bonds. The van der Waals surface area contributed by atoms with Gasteiger partial charge in [-0.1, -0.05) is 25.1 Å². The van der Waals surface area contributed by atoms with E-state index in [0.29, 0.717) is 6.04 Å². The molecule has 0 fully saturated rings. The van der Waals surface area contributed by atoms with Crippen LogP contribution in [0, 0.1) is 0 Å². The van der Waals surface area contributed by atoms with Gasteiger partial charge in [-0.05, 0) is 38.4 Å². The highest BCUT2D eigenvalue weighted by Gasteiger charge is 2.08. The Kier molecular flexibility index (Phi) is 6.02. The number of hydrogen-bond acceptors (Lipinski definition) is 4. The number of para-hydroxylation sites is 1. The lowest BCUT2D eigenvalue weighted by Crippen LogP contribution is -2.21. The minimum absolute atomic E-state index is 0.317. The van der Waals surface area contributed by atoms with Gasteiger partial charge in [0.2, 0.25) is 0 Å². The van der Waals surface area contributed by atoms with Crippen LogP contribution in [-0.2, 0) is 6.42 Å². The average molecular weight is 290 g/mol. The summed E-state index contributed by atoms with van der Waals surface area (Å²) in [5.74, 6) is 0.938. The lowest BCUT2D eigenvalue weighted by molar-refractivity contribution is 0.305. The first-order valence-electron chi connectivity index (χ1n) is 7.15. The second-order valence-electron chi connectivity index (χ2n) is 4.71. The van der Waals surface area contributed by atoms with E-state index >= 15 is 0 Å². The number of benzene rings is 1. The van der Waals surface area contributed by atoms with E-state index in [1.165, 1.54) is 9.88 Å². The standard InChI is InChI=1S/C16H22N2OS/c1-3-15-12-18-16(20-15)13(2)17-10-7-11-19-14-8-5-4-6-9-14/h4-6,8-9,12-13,17H,3,7,10-11H2,1-2H3. The molecule has 2 rings (SSSR count). The van der Waals surface area contributed by atoms with Crippen molar-refractivity contribution in [1.82, 2.24) is 10.3 Å². The van der Waals surface area contributed by atoms with Crippen LogP contribution >= 0.6 is 11.3 Å². The molecule has 0 radical (unpaired) electrons. The number of aryl methyl sites for hydroxylation is 1. The van der Waals surface area contributed by atoms with Gasteiger partial charge in [0.1, 0.15) is 10.8 Å². The highest BCUT2D eigenvalue weighted by Crippen LogP contribution is 2.20. The first-order chi connectivity index (χ1) is 9.79. The van der Waals surface area contributed by atoms with Gasteiger partial charge in [0.05, 0.1) is 12.6 Å². The molecular formula is C16H22N2OS. The van der Waals surface area contributed by atoms with Gasteiger partial charge in [-0.25, -0.2) is 4.98 Å². The Balaban J connectivity index is 1.63. The van der Waals surface area contributed by atoms with E-state index in [2.05, 4.69) is 24.1 Å². The molecule has 3 nitrogen and oxygen atoms in total. The third-order valence-electron chi connectivity index (χ3n) is 3.07. The highest BCUT2D eigenvalue weighted by molar-refractivity contribution is 7.11. The molecule has 2 aromatic rings. The van der Waals surface area contributed by atoms with Crippen LogP contribution in [-0.4, -0.2) is 18.1 Å². The summed E-state index contributed by atoms with van der Waals surface area (Å²) in [5.41, 5.74) is 0. The van der Waals surface area contributed by atoms with E-state index in [1.54, 1.807) is 11.3 Å². The smallest absolute Gasteiger partial charge is 0.119 e. The van der Waals surface area contributed by atoms with Crippen molar-refractivity contribution in [1.29, 1.82) is 0 Å². The zero-order valence-corrected chi connectivity index (χ0v) is 13.0. The van der Waals surface area contributed by atoms with Crippen molar-refractivity contribution in [2.24, 2.45) is 0 Å². The molecule has 1 aromatic carbocycles. The van der Waals surface area contributed by atoms with Crippen molar-refractivity contribution in [2.75, 3.05) is 13.2 Å². The quantitative estimate of drug-likeness (QED) is 0.750. The summed E-state index contributed by atoms with van der Waals surface area (Å²) in [7, 11) is 0. The summed E-state index contributed by atoms with van der Waals surface area (Å²) in [4.78, 5) is 5.81. The van der Waals surface area contributed by atoms with Crippen molar-refractivity contribution >= 4 is 11.3 Å². The zero-order valence-electron chi connectivity index (χ0n) is 12.1. The summed E-state index contributed by atoms with van der Waals surface area (Å²) >= 11 is 1.80. The molecule has 0 aliphatic rings. The van der Waals surface area contributed by atoms with Gasteiger partial charge in [0.25, 0.3) is 0 Å². The second-order valence-corrected chi connectivity index (χ2v) is 5.86. The van der Waals surface area contributed by atoms with E-state index in [1.807, 2.05) is 36.5 Å². The molecule has 1 atom stereocenters. The molecule has 1 heterocycles. The Morgan fingerprint density at radius 2 is 2.10 bits per heavy atom. The third kappa shape index (κ3) is 4.62. The maximum absolute atomic E-state index is 5.66. The largest absolute Gasteiger partial charge is 0.494 e. The number of thiazole rings is 1. The molecule has 1 N–H and O–H groups in total. The van der Waals surface area contributed by atoms with Gasteiger partial charge in [-0.15, -0.1) is 11.3 Å². The SMILES string of the molecule is CCc1cnc(C(C)NCCCOc2ccccc2)s1. The van der Waals surface area contributed by atoms with Gasteiger partial charge in [0, 0.05) is 11.1 Å². The predicted molar refractivity (Wildman–Crippen MR) is 84.5 cm³/mol. The minimum atomic E-state index is 0.317. The molecule has 1 unspecified atom stereocenters. The predicted octanol–water partition coefficient (Wildman–Crippen LogP) is 3.83. The van der Waals surface area contributed by atoms with Crippen LogP contribution in [0.15, 0.2) is 36.5 Å². The van der Waals surface area contributed by atoms with Crippen LogP contribution in [0.5, 0.6) is 5.75 Å². The van der Waals surface area contributed by atoms with E-state index in [4.69, 9.17) is 4.74 Å². The van der Waals surface area contributed by atoms with Crippen molar-refractivity contribution in [3.05, 3.63) is 46.4 Å². The van der Waals surface area contributed by atoms with Crippen LogP contribution in [0.2, 0.25) is 0 Å². The molecule has 0 aliphatic heterocycles. The van der Waals surface area contributed by atoms with Crippen molar-refractivity contribution in [3.63, 3.8) is 0 Å². The fraction of sp³-hybridized carbons (Fsp3) is 0.438. The maximum Gasteiger partial charge on any atom is 0.119 e. The Hall–Kier alpha value is -1.39. The minimum Gasteiger partial charge on any atom is -0.494 e. The van der Waals surface area contributed by atoms with Crippen LogP contribution in [0.25, 0.3) is 0 Å². The van der Waals surface area contributed by atoms with Gasteiger partial charge < -0.3 is 10.1 Å². The van der Waals surface area contributed by atoms with Gasteiger partial charge >= 0.3 is 0 Å². The van der Waals surface area contributed by atoms with E-state index in [9.17, 15) is 0 Å². The maximum atomic E-state index is 5.66. The van der Waals surface area contributed by atoms with Crippen molar-refractivity contribution < 1.29 is 4.74 Å². The molecule has 108 valence electrons. The molecule has 0 saturated heterocycles. The highest BCUT2D eigenvalue weighted by atomic mass is 32.1. The Bertz CT molecular complexity index is 498. The monoisotopic (exact) mass is 290 g/mol. The molecule has 20 heavy (non-hydrogen) atoms. The van der Waals surface area contributed by atoms with Crippen molar-refractivity contribution in [3.8, 4) is 5.75 Å². The summed E-state index contributed by atoms with van der Waals surface area (Å²) < 4.78 is 5.66. The third-order valence-corrected chi connectivity index (χ3v) is 4.40. The lowest BCUT2D eigenvalue weighted by atomic mass is 10.3. The Morgan fingerprint density at radius 1 is 1.30 bits per heavy atom. The van der Waals surface area contributed by atoms with Crippen LogP contribution < -0.4 is 10.1 Å². The van der Waals surface area contributed by atoms with E-state index in [0.717, 1.165) is 31.7 Å². The molecule has 0 saturated carbocycles. The van der Waals surface area contributed by atoms with E-state index in [-0.39, 0.29) is 0 Å². The van der Waals surface area contributed by atoms with Gasteiger partial charge in [0.15, 0.2) is 0 Å². The number of nitrogens with zero attached hydrogens (tertiary/aromatic N) is 1. The number of hydrogen-bond donors (Lipinski definition) is 1. The molecule has 4 heteroatoms. The Labute approximate surface area is 125 Å². The second kappa shape index (κ2) is 8.02. The van der Waals surface area contributed by atoms with Crippen LogP contribution in [0.4, 0.5) is 0 Å². The fourth-order valence-electron chi connectivity index (χ4n) is 1.87. The summed E-state index contributed by atoms with van der Waals surface area (Å²) in [6.07, 6.45) is 4.04. The summed E-state index contributed by atoms with van der Waals surface area (Å²) in [5, 5.41) is 4.66. The van der Waals surface area contributed by atoms with Crippen molar-refractivity contribution in [2.45, 2.75) is 32.7 Å². The van der Waals surface area contributed by atoms with Gasteiger partial charge in [-0.3, -0.25) is 0 Å². The first-order valence-corrected chi connectivity index (χ1v) is 7.97. The average Bonchev–Trinajstić information content (AvgIpc) is 2.97. The number of ether oxygens (including phenoxy) is 1. The molecule has 1 aromatic heterocycles. The summed E-state index contributed by atoms with van der Waals surface area (Å²) in [6.45, 7) is 6.00. The first kappa shape index (κ1) is 15.0. The van der Waals surface area contributed by atoms with E-state index < -0.39 is 0 Å². The zero-order chi connectivity index (χ0) is 14.2. The number of nitrogens with one attached hydrogen (secondary N) is 1. The molecule has 0 spiro atoms. The normalized spacial score (nSPS) is 12.3. The Morgan fingerprint density at radius 3 is 2.80 bits per heavy atom.